The number of aromatic hydroxyl groups is 1. The number of halogens is 3. The van der Waals surface area contributed by atoms with Crippen molar-refractivity contribution in [1.82, 2.24) is 37.0 Å². The summed E-state index contributed by atoms with van der Waals surface area (Å²) in [6, 6.07) is 14.8. The molecule has 0 bridgehead atoms. The highest BCUT2D eigenvalue weighted by Gasteiger charge is 2.42. The summed E-state index contributed by atoms with van der Waals surface area (Å²) in [6.45, 7) is 4.65. The molecule has 3 aromatic carbocycles. The molecule has 3 aromatic rings. The summed E-state index contributed by atoms with van der Waals surface area (Å²) in [6.07, 6.45) is -2.25. The number of phenols is 1. The number of nitrogens with one attached hydrogen (secondary N) is 6. The molecule has 0 radical (unpaired) electrons. The van der Waals surface area contributed by atoms with Crippen molar-refractivity contribution in [3.05, 3.63) is 101 Å². The van der Waals surface area contributed by atoms with Gasteiger partial charge in [-0.15, -0.1) is 0 Å². The minimum Gasteiger partial charge on any atom is -0.508 e. The Labute approximate surface area is 412 Å². The summed E-state index contributed by atoms with van der Waals surface area (Å²) >= 11 is 1.25. The highest BCUT2D eigenvalue weighted by molar-refractivity contribution is 7.98. The van der Waals surface area contributed by atoms with Gasteiger partial charge in [-0.25, -0.2) is 4.79 Å². The molecule has 1 fully saturated rings. The van der Waals surface area contributed by atoms with Crippen LogP contribution in [0.2, 0.25) is 0 Å². The van der Waals surface area contributed by atoms with Gasteiger partial charge in [0.15, 0.2) is 11.6 Å². The Kier molecular flexibility index (Phi) is 21.5. The van der Waals surface area contributed by atoms with Gasteiger partial charge in [-0.2, -0.15) is 30.4 Å². The lowest BCUT2D eigenvalue weighted by Crippen LogP contribution is -2.58. The average Bonchev–Trinajstić information content (AvgIpc) is 3.83. The van der Waals surface area contributed by atoms with E-state index >= 15 is 0 Å². The molecule has 0 unspecified atom stereocenters. The first-order valence-electron chi connectivity index (χ1n) is 22.7. The van der Waals surface area contributed by atoms with Crippen LogP contribution in [0.5, 0.6) is 5.75 Å². The number of fused-ring (bicyclic) bond motifs is 2. The standard InChI is InChI=1S/C34H51F3N8O9S.C14H8O2/c1-19(2)15-24(32(52)45-14-5-7-26(45)31(51)39-12-6-13-41-54-33(53)34(35,36)37)42-27(47)17-40-29(49)25(18-55-4)44-30(50)23(43-28(48)20(3)38)16-21-8-10-22(46)11-9-21;15-13-9-5-1-2-6-10(9)14(16)12-8-4-3-7-11(12)13/h8-11,19-20,23-26,41,46H,5-7,12-18,38H2,1-4H3,(H,39,51)(H,40,49)(H,42,47)(H,43,48)(H,44,50);1-8H/t20-,23-,24-,25-,26-;/m0./s1. The molecule has 9 N–H and O–H groups in total. The molecule has 19 nitrogen and oxygen atoms in total. The normalized spacial score (nSPS) is 15.6. The van der Waals surface area contributed by atoms with Gasteiger partial charge < -0.3 is 47.2 Å². The Bertz CT molecular complexity index is 2300. The minimum atomic E-state index is -5.15. The molecule has 6 amide bonds. The molecule has 71 heavy (non-hydrogen) atoms. The number of hydroxylamine groups is 1. The van der Waals surface area contributed by atoms with E-state index in [1.54, 1.807) is 66.9 Å². The number of carbonyl (C=O) groups is 9. The molecular formula is C48H59F3N8O11S. The topological polar surface area (TPSA) is 285 Å². The van der Waals surface area contributed by atoms with Crippen molar-refractivity contribution in [2.45, 2.75) is 89.3 Å². The fourth-order valence-electron chi connectivity index (χ4n) is 7.45. The predicted octanol–water partition coefficient (Wildman–Crippen LogP) is 1.83. The van der Waals surface area contributed by atoms with E-state index in [1.807, 2.05) is 19.3 Å². The number of thioether (sulfide) groups is 1. The van der Waals surface area contributed by atoms with Crippen LogP contribution < -0.4 is 37.8 Å². The average molecular weight is 1010 g/mol. The van der Waals surface area contributed by atoms with Crippen LogP contribution in [0.3, 0.4) is 0 Å². The molecule has 1 aliphatic heterocycles. The number of rotatable bonds is 21. The number of hydrogen-bond acceptors (Lipinski definition) is 14. The van der Waals surface area contributed by atoms with Gasteiger partial charge in [0, 0.05) is 54.1 Å². The lowest BCUT2D eigenvalue weighted by molar-refractivity contribution is -0.206. The quantitative estimate of drug-likeness (QED) is 0.0437. The molecule has 23 heteroatoms. The fraction of sp³-hybridized carbons (Fsp3) is 0.438. The van der Waals surface area contributed by atoms with Gasteiger partial charge in [0.1, 0.15) is 29.9 Å². The molecule has 1 aliphatic carbocycles. The summed E-state index contributed by atoms with van der Waals surface area (Å²) in [7, 11) is 0. The third kappa shape index (κ3) is 16.9. The number of benzene rings is 3. The maximum Gasteiger partial charge on any atom is 0.492 e. The molecule has 0 aromatic heterocycles. The van der Waals surface area contributed by atoms with E-state index in [-0.39, 0.29) is 67.9 Å². The zero-order valence-electron chi connectivity index (χ0n) is 39.6. The second-order valence-electron chi connectivity index (χ2n) is 17.1. The van der Waals surface area contributed by atoms with Gasteiger partial charge in [-0.05, 0) is 62.5 Å². The number of ketones is 2. The largest absolute Gasteiger partial charge is 0.508 e. The molecule has 2 aliphatic rings. The maximum absolute atomic E-state index is 13.7. The zero-order valence-corrected chi connectivity index (χ0v) is 40.4. The van der Waals surface area contributed by atoms with Gasteiger partial charge in [0.2, 0.25) is 35.4 Å². The minimum absolute atomic E-state index is 0.0119. The number of carbonyl (C=O) groups excluding carboxylic acids is 9. The molecular weight excluding hydrogens is 954 g/mol. The number of amides is 6. The molecule has 5 atom stereocenters. The second-order valence-corrected chi connectivity index (χ2v) is 18.0. The van der Waals surface area contributed by atoms with Gasteiger partial charge in [0.25, 0.3) is 0 Å². The van der Waals surface area contributed by atoms with E-state index in [4.69, 9.17) is 5.73 Å². The second kappa shape index (κ2) is 26.9. The Morgan fingerprint density at radius 1 is 0.775 bits per heavy atom. The van der Waals surface area contributed by atoms with Crippen LogP contribution in [-0.2, 0) is 44.8 Å². The zero-order chi connectivity index (χ0) is 52.4. The van der Waals surface area contributed by atoms with Crippen LogP contribution in [0.25, 0.3) is 0 Å². The highest BCUT2D eigenvalue weighted by atomic mass is 32.2. The van der Waals surface area contributed by atoms with Crippen molar-refractivity contribution in [1.29, 1.82) is 0 Å². The third-order valence-corrected chi connectivity index (χ3v) is 11.6. The lowest BCUT2D eigenvalue weighted by Gasteiger charge is -2.29. The van der Waals surface area contributed by atoms with Crippen molar-refractivity contribution in [3.8, 4) is 5.75 Å². The summed E-state index contributed by atoms with van der Waals surface area (Å²) in [5.41, 5.74) is 10.2. The molecule has 384 valence electrons. The summed E-state index contributed by atoms with van der Waals surface area (Å²) in [5, 5.41) is 22.5. The SMILES string of the molecule is CSC[C@H](NC(=O)[C@H](Cc1ccc(O)cc1)NC(=O)[C@H](C)N)C(=O)NCC(=O)N[C@@H](CC(C)C)C(=O)N1CCC[C@H]1C(=O)NCCCNOC(=O)C(F)(F)F.O=C1c2ccccc2C(=O)c2ccccc21. The molecule has 5 rings (SSSR count). The Hall–Kier alpha value is -6.85. The first-order chi connectivity index (χ1) is 33.6. The number of hydrogen-bond donors (Lipinski definition) is 8. The van der Waals surface area contributed by atoms with Crippen molar-refractivity contribution < 1.29 is 66.3 Å². The van der Waals surface area contributed by atoms with Gasteiger partial charge in [-0.1, -0.05) is 74.5 Å². The number of nitrogens with two attached hydrogens (primary N) is 1. The summed E-state index contributed by atoms with van der Waals surface area (Å²) < 4.78 is 36.7. The van der Waals surface area contributed by atoms with E-state index in [2.05, 4.69) is 31.4 Å². The van der Waals surface area contributed by atoms with Crippen LogP contribution >= 0.6 is 11.8 Å². The van der Waals surface area contributed by atoms with E-state index in [0.29, 0.717) is 40.7 Å². The van der Waals surface area contributed by atoms with Crippen molar-refractivity contribution >= 4 is 64.7 Å². The third-order valence-electron chi connectivity index (χ3n) is 11.0. The Balaban J connectivity index is 0.000000566. The first kappa shape index (κ1) is 56.7. The van der Waals surface area contributed by atoms with E-state index in [9.17, 15) is 61.4 Å². The number of alkyl halides is 3. The first-order valence-corrected chi connectivity index (χ1v) is 24.1. The van der Waals surface area contributed by atoms with Gasteiger partial charge in [-0.3, -0.25) is 38.4 Å². The lowest BCUT2D eigenvalue weighted by atomic mass is 9.84. The van der Waals surface area contributed by atoms with Crippen LogP contribution in [-0.4, -0.2) is 138 Å². The summed E-state index contributed by atoms with van der Waals surface area (Å²) in [4.78, 5) is 119. The van der Waals surface area contributed by atoms with Crippen LogP contribution in [0.4, 0.5) is 13.2 Å². The predicted molar refractivity (Wildman–Crippen MR) is 254 cm³/mol. The number of likely N-dealkylation sites (tertiary alicyclic amines) is 1. The Morgan fingerprint density at radius 2 is 1.34 bits per heavy atom. The van der Waals surface area contributed by atoms with Crippen LogP contribution in [0.1, 0.15) is 83.9 Å². The van der Waals surface area contributed by atoms with E-state index in [0.717, 1.165) is 0 Å². The van der Waals surface area contributed by atoms with Crippen molar-refractivity contribution in [2.75, 3.05) is 38.2 Å². The molecule has 1 saturated heterocycles. The van der Waals surface area contributed by atoms with Crippen molar-refractivity contribution in [3.63, 3.8) is 0 Å². The molecule has 1 heterocycles. The maximum atomic E-state index is 13.7. The molecule has 0 saturated carbocycles. The molecule has 0 spiro atoms. The van der Waals surface area contributed by atoms with E-state index in [1.165, 1.54) is 35.7 Å². The van der Waals surface area contributed by atoms with Crippen LogP contribution in [0, 0.1) is 5.92 Å². The monoisotopic (exact) mass is 1010 g/mol. The Morgan fingerprint density at radius 3 is 1.86 bits per heavy atom. The fourth-order valence-corrected chi connectivity index (χ4v) is 8.01. The van der Waals surface area contributed by atoms with Crippen molar-refractivity contribution in [2.24, 2.45) is 11.7 Å². The van der Waals surface area contributed by atoms with Gasteiger partial charge >= 0.3 is 12.1 Å². The highest BCUT2D eigenvalue weighted by Crippen LogP contribution is 2.27. The van der Waals surface area contributed by atoms with Gasteiger partial charge in [0.05, 0.1) is 12.6 Å². The summed E-state index contributed by atoms with van der Waals surface area (Å²) in [5.74, 6) is -6.15. The van der Waals surface area contributed by atoms with E-state index < -0.39 is 84.3 Å². The smallest absolute Gasteiger partial charge is 0.492 e. The van der Waals surface area contributed by atoms with Crippen LogP contribution in [0.15, 0.2) is 72.8 Å². The number of phenolic OH excluding ortho intramolecular Hbond substituents is 1. The number of nitrogens with zero attached hydrogens (tertiary/aromatic N) is 1.